The first kappa shape index (κ1) is 18.6. The summed E-state index contributed by atoms with van der Waals surface area (Å²) in [7, 11) is 0. The number of carbonyl (C=O) groups excluding carboxylic acids is 3. The second-order valence-corrected chi connectivity index (χ2v) is 5.08. The summed E-state index contributed by atoms with van der Waals surface area (Å²) in [5, 5.41) is 2.09. The molecule has 1 aromatic heterocycles. The van der Waals surface area contributed by atoms with Crippen LogP contribution in [0.1, 0.15) is 41.6 Å². The summed E-state index contributed by atoms with van der Waals surface area (Å²) < 4.78 is 10.4. The van der Waals surface area contributed by atoms with Gasteiger partial charge in [-0.05, 0) is 18.9 Å². The van der Waals surface area contributed by atoms with Crippen LogP contribution < -0.4 is 15.8 Å². The highest BCUT2D eigenvalue weighted by Gasteiger charge is 2.20. The summed E-state index contributed by atoms with van der Waals surface area (Å²) >= 11 is 0. The van der Waals surface area contributed by atoms with Crippen molar-refractivity contribution in [3.63, 3.8) is 0 Å². The fraction of sp³-hybridized carbons (Fsp3) is 0.467. The number of esters is 1. The quantitative estimate of drug-likeness (QED) is 0.701. The molecule has 0 aliphatic rings. The monoisotopic (exact) mass is 323 g/mol. The van der Waals surface area contributed by atoms with Gasteiger partial charge in [0.1, 0.15) is 0 Å². The van der Waals surface area contributed by atoms with Crippen molar-refractivity contribution < 1.29 is 23.9 Å². The van der Waals surface area contributed by atoms with Crippen molar-refractivity contribution in [2.45, 2.75) is 20.8 Å². The van der Waals surface area contributed by atoms with E-state index in [-0.39, 0.29) is 36.1 Å². The number of imide groups is 1. The van der Waals surface area contributed by atoms with Crippen LogP contribution in [0.15, 0.2) is 12.3 Å². The molecule has 2 amide bonds. The molecule has 0 atom stereocenters. The number of carbonyl (C=O) groups is 3. The van der Waals surface area contributed by atoms with Gasteiger partial charge in [-0.3, -0.25) is 14.9 Å². The standard InChI is InChI=1S/C15H21N3O5/c1-4-22-15(21)10-5-11(23-8-9(2)3)13(17-7-10)14(20)18-12(19)6-16/h5,7,9H,4,6,8,16H2,1-3H3,(H,18,19,20). The molecule has 8 heteroatoms. The lowest BCUT2D eigenvalue weighted by atomic mass is 10.2. The van der Waals surface area contributed by atoms with Crippen molar-refractivity contribution in [1.29, 1.82) is 0 Å². The lowest BCUT2D eigenvalue weighted by molar-refractivity contribution is -0.118. The van der Waals surface area contributed by atoms with Crippen LogP contribution in [0.5, 0.6) is 5.75 Å². The Morgan fingerprint density at radius 1 is 1.35 bits per heavy atom. The van der Waals surface area contributed by atoms with Gasteiger partial charge >= 0.3 is 5.97 Å². The molecule has 1 rings (SSSR count). The van der Waals surface area contributed by atoms with Crippen LogP contribution in [0, 0.1) is 5.92 Å². The first-order valence-electron chi connectivity index (χ1n) is 7.23. The summed E-state index contributed by atoms with van der Waals surface area (Å²) in [6.45, 7) is 5.75. The SMILES string of the molecule is CCOC(=O)c1cnc(C(=O)NC(=O)CN)c(OCC(C)C)c1. The molecule has 0 aliphatic carbocycles. The highest BCUT2D eigenvalue weighted by molar-refractivity contribution is 6.06. The number of amides is 2. The molecule has 0 saturated carbocycles. The van der Waals surface area contributed by atoms with Crippen molar-refractivity contribution in [1.82, 2.24) is 10.3 Å². The Morgan fingerprint density at radius 2 is 2.04 bits per heavy atom. The van der Waals surface area contributed by atoms with Crippen molar-refractivity contribution in [3.05, 3.63) is 23.5 Å². The zero-order chi connectivity index (χ0) is 17.4. The van der Waals surface area contributed by atoms with E-state index < -0.39 is 17.8 Å². The minimum atomic E-state index is -0.741. The number of nitrogens with two attached hydrogens (primary N) is 1. The third kappa shape index (κ3) is 5.67. The van der Waals surface area contributed by atoms with E-state index >= 15 is 0 Å². The number of aromatic nitrogens is 1. The van der Waals surface area contributed by atoms with Gasteiger partial charge in [-0.2, -0.15) is 0 Å². The minimum Gasteiger partial charge on any atom is -0.491 e. The van der Waals surface area contributed by atoms with Crippen LogP contribution in [-0.4, -0.2) is 42.5 Å². The molecule has 3 N–H and O–H groups in total. The smallest absolute Gasteiger partial charge is 0.339 e. The Labute approximate surface area is 134 Å². The van der Waals surface area contributed by atoms with Crippen LogP contribution in [0.4, 0.5) is 0 Å². The molecule has 0 radical (unpaired) electrons. The molecular weight excluding hydrogens is 302 g/mol. The van der Waals surface area contributed by atoms with Crippen molar-refractivity contribution >= 4 is 17.8 Å². The van der Waals surface area contributed by atoms with E-state index in [0.29, 0.717) is 6.61 Å². The van der Waals surface area contributed by atoms with E-state index in [4.69, 9.17) is 15.2 Å². The number of pyridine rings is 1. The fourth-order valence-corrected chi connectivity index (χ4v) is 1.54. The van der Waals surface area contributed by atoms with Gasteiger partial charge in [-0.25, -0.2) is 9.78 Å². The topological polar surface area (TPSA) is 121 Å². The van der Waals surface area contributed by atoms with Crippen LogP contribution in [0.2, 0.25) is 0 Å². The molecule has 8 nitrogen and oxygen atoms in total. The minimum absolute atomic E-state index is 0.0968. The highest BCUT2D eigenvalue weighted by atomic mass is 16.5. The highest BCUT2D eigenvalue weighted by Crippen LogP contribution is 2.19. The van der Waals surface area contributed by atoms with Crippen LogP contribution in [0.3, 0.4) is 0 Å². The van der Waals surface area contributed by atoms with E-state index in [9.17, 15) is 14.4 Å². The summed E-state index contributed by atoms with van der Waals surface area (Å²) in [5.41, 5.74) is 5.22. The fourth-order valence-electron chi connectivity index (χ4n) is 1.54. The van der Waals surface area contributed by atoms with Crippen LogP contribution in [0.25, 0.3) is 0 Å². The normalized spacial score (nSPS) is 10.3. The Morgan fingerprint density at radius 3 is 2.61 bits per heavy atom. The number of nitrogens with one attached hydrogen (secondary N) is 1. The van der Waals surface area contributed by atoms with Gasteiger partial charge in [-0.1, -0.05) is 13.8 Å². The van der Waals surface area contributed by atoms with Crippen molar-refractivity contribution in [3.8, 4) is 5.75 Å². The summed E-state index contributed by atoms with van der Waals surface area (Å²) in [6, 6.07) is 1.37. The molecule has 0 bridgehead atoms. The average molecular weight is 323 g/mol. The lowest BCUT2D eigenvalue weighted by Gasteiger charge is -2.13. The van der Waals surface area contributed by atoms with Crippen molar-refractivity contribution in [2.75, 3.05) is 19.8 Å². The van der Waals surface area contributed by atoms with E-state index in [1.165, 1.54) is 12.3 Å². The summed E-state index contributed by atoms with van der Waals surface area (Å²) in [6.07, 6.45) is 1.20. The van der Waals surface area contributed by atoms with Gasteiger partial charge in [0.05, 0.1) is 25.3 Å². The van der Waals surface area contributed by atoms with Crippen LogP contribution >= 0.6 is 0 Å². The van der Waals surface area contributed by atoms with Gasteiger partial charge in [0.2, 0.25) is 5.91 Å². The lowest BCUT2D eigenvalue weighted by Crippen LogP contribution is -2.36. The maximum Gasteiger partial charge on any atom is 0.339 e. The van der Waals surface area contributed by atoms with Crippen LogP contribution in [-0.2, 0) is 9.53 Å². The van der Waals surface area contributed by atoms with E-state index in [0.717, 1.165) is 0 Å². The zero-order valence-corrected chi connectivity index (χ0v) is 13.4. The van der Waals surface area contributed by atoms with Gasteiger partial charge in [0.15, 0.2) is 11.4 Å². The third-order valence-electron chi connectivity index (χ3n) is 2.59. The predicted octanol–water partition coefficient (Wildman–Crippen LogP) is 0.508. The number of rotatable bonds is 7. The molecule has 1 aromatic rings. The second kappa shape index (κ2) is 8.84. The Bertz CT molecular complexity index is 586. The van der Waals surface area contributed by atoms with E-state index in [1.54, 1.807) is 6.92 Å². The number of ether oxygens (including phenoxy) is 2. The molecule has 1 heterocycles. The molecule has 0 fully saturated rings. The average Bonchev–Trinajstić information content (AvgIpc) is 2.52. The molecule has 0 unspecified atom stereocenters. The van der Waals surface area contributed by atoms with E-state index in [1.807, 2.05) is 13.8 Å². The first-order valence-corrected chi connectivity index (χ1v) is 7.23. The van der Waals surface area contributed by atoms with Gasteiger partial charge in [0, 0.05) is 6.20 Å². The van der Waals surface area contributed by atoms with Gasteiger partial charge in [-0.15, -0.1) is 0 Å². The first-order chi connectivity index (χ1) is 10.9. The van der Waals surface area contributed by atoms with Gasteiger partial charge < -0.3 is 15.2 Å². The number of hydrogen-bond acceptors (Lipinski definition) is 7. The third-order valence-corrected chi connectivity index (χ3v) is 2.59. The Balaban J connectivity index is 3.09. The molecule has 0 saturated heterocycles. The predicted molar refractivity (Wildman–Crippen MR) is 82.1 cm³/mol. The number of nitrogens with zero attached hydrogens (tertiary/aromatic N) is 1. The largest absolute Gasteiger partial charge is 0.491 e. The maximum absolute atomic E-state index is 12.0. The maximum atomic E-state index is 12.0. The molecule has 0 aliphatic heterocycles. The Hall–Kier alpha value is -2.48. The molecule has 0 spiro atoms. The molecule has 23 heavy (non-hydrogen) atoms. The van der Waals surface area contributed by atoms with Gasteiger partial charge in [0.25, 0.3) is 5.91 Å². The zero-order valence-electron chi connectivity index (χ0n) is 13.4. The molecule has 0 aromatic carbocycles. The molecular formula is C15H21N3O5. The Kier molecular flexibility index (Phi) is 7.14. The summed E-state index contributed by atoms with van der Waals surface area (Å²) in [4.78, 5) is 38.9. The number of hydrogen-bond donors (Lipinski definition) is 2. The van der Waals surface area contributed by atoms with E-state index in [2.05, 4.69) is 10.3 Å². The van der Waals surface area contributed by atoms with Crippen molar-refractivity contribution in [2.24, 2.45) is 11.7 Å². The molecule has 126 valence electrons. The second-order valence-electron chi connectivity index (χ2n) is 5.08. The summed E-state index contributed by atoms with van der Waals surface area (Å²) in [5.74, 6) is -1.65.